The summed E-state index contributed by atoms with van der Waals surface area (Å²) >= 11 is 0. The zero-order valence-corrected chi connectivity index (χ0v) is 18.6. The van der Waals surface area contributed by atoms with E-state index in [2.05, 4.69) is 10.4 Å². The van der Waals surface area contributed by atoms with E-state index < -0.39 is 4.92 Å². The first kappa shape index (κ1) is 22.0. The summed E-state index contributed by atoms with van der Waals surface area (Å²) in [7, 11) is 0. The van der Waals surface area contributed by atoms with Crippen molar-refractivity contribution in [3.63, 3.8) is 0 Å². The maximum absolute atomic E-state index is 13.3. The van der Waals surface area contributed by atoms with Gasteiger partial charge in [-0.15, -0.1) is 0 Å². The van der Waals surface area contributed by atoms with Crippen LogP contribution in [0.3, 0.4) is 0 Å². The van der Waals surface area contributed by atoms with E-state index in [-0.39, 0.29) is 17.6 Å². The van der Waals surface area contributed by atoms with Crippen LogP contribution in [0, 0.1) is 24.0 Å². The number of benzene rings is 3. The van der Waals surface area contributed by atoms with Crippen LogP contribution in [0.15, 0.2) is 78.9 Å². The predicted molar refractivity (Wildman–Crippen MR) is 127 cm³/mol. The summed E-state index contributed by atoms with van der Waals surface area (Å²) in [6.45, 7) is 5.99. The molecule has 0 bridgehead atoms. The number of nitrogens with one attached hydrogen (secondary N) is 1. The van der Waals surface area contributed by atoms with Crippen LogP contribution >= 0.6 is 0 Å². The highest BCUT2D eigenvalue weighted by Gasteiger charge is 2.20. The molecule has 0 saturated carbocycles. The van der Waals surface area contributed by atoms with Gasteiger partial charge in [-0.05, 0) is 61.7 Å². The van der Waals surface area contributed by atoms with Gasteiger partial charge >= 0.3 is 0 Å². The second-order valence-corrected chi connectivity index (χ2v) is 8.01. The molecule has 7 nitrogen and oxygen atoms in total. The van der Waals surface area contributed by atoms with Crippen molar-refractivity contribution in [2.24, 2.45) is 0 Å². The molecule has 0 aliphatic heterocycles. The van der Waals surface area contributed by atoms with E-state index in [1.165, 1.54) is 22.4 Å². The normalized spacial score (nSPS) is 11.7. The number of hydrogen-bond donors (Lipinski definition) is 1. The van der Waals surface area contributed by atoms with E-state index in [0.717, 1.165) is 16.7 Å². The molecule has 0 aliphatic carbocycles. The van der Waals surface area contributed by atoms with Crippen molar-refractivity contribution in [3.8, 4) is 16.9 Å². The number of hydrogen-bond acceptors (Lipinski definition) is 4. The van der Waals surface area contributed by atoms with Gasteiger partial charge in [-0.2, -0.15) is 5.10 Å². The van der Waals surface area contributed by atoms with E-state index in [1.54, 1.807) is 18.2 Å². The first-order valence-corrected chi connectivity index (χ1v) is 10.6. The summed E-state index contributed by atoms with van der Waals surface area (Å²) in [6, 6.07) is 23.3. The van der Waals surface area contributed by atoms with Crippen LogP contribution in [0.2, 0.25) is 0 Å². The maximum Gasteiger partial charge on any atom is 0.270 e. The maximum atomic E-state index is 13.3. The molecule has 0 radical (unpaired) electrons. The molecule has 0 fully saturated rings. The molecule has 4 aromatic rings. The molecule has 0 aliphatic rings. The zero-order valence-electron chi connectivity index (χ0n) is 18.6. The molecular formula is C26H24N4O3. The number of rotatable bonds is 6. The van der Waals surface area contributed by atoms with Gasteiger partial charge in [0.25, 0.3) is 11.6 Å². The third kappa shape index (κ3) is 4.67. The average Bonchev–Trinajstić information content (AvgIpc) is 3.27. The van der Waals surface area contributed by atoms with Gasteiger partial charge < -0.3 is 5.32 Å². The Labute approximate surface area is 191 Å². The van der Waals surface area contributed by atoms with Crippen molar-refractivity contribution in [1.82, 2.24) is 15.1 Å². The Balaban J connectivity index is 1.74. The molecule has 33 heavy (non-hydrogen) atoms. The van der Waals surface area contributed by atoms with Gasteiger partial charge in [0.15, 0.2) is 0 Å². The van der Waals surface area contributed by atoms with Gasteiger partial charge in [-0.25, -0.2) is 4.68 Å². The topological polar surface area (TPSA) is 90.1 Å². The smallest absolute Gasteiger partial charge is 0.270 e. The molecule has 1 aromatic heterocycles. The zero-order chi connectivity index (χ0) is 23.5. The minimum atomic E-state index is -0.456. The van der Waals surface area contributed by atoms with Crippen LogP contribution in [-0.4, -0.2) is 20.6 Å². The highest BCUT2D eigenvalue weighted by Crippen LogP contribution is 2.25. The lowest BCUT2D eigenvalue weighted by Gasteiger charge is -2.15. The van der Waals surface area contributed by atoms with Crippen molar-refractivity contribution in [2.75, 3.05) is 0 Å². The molecule has 1 heterocycles. The minimum absolute atomic E-state index is 0.0241. The number of nitrogens with zero attached hydrogens (tertiary/aromatic N) is 3. The Kier molecular flexibility index (Phi) is 6.04. The van der Waals surface area contributed by atoms with Gasteiger partial charge in [-0.1, -0.05) is 42.5 Å². The summed E-state index contributed by atoms with van der Waals surface area (Å²) in [5.41, 5.74) is 5.71. The largest absolute Gasteiger partial charge is 0.344 e. The molecule has 166 valence electrons. The molecule has 1 atom stereocenters. The number of aryl methyl sites for hydroxylation is 2. The highest BCUT2D eigenvalue weighted by molar-refractivity contribution is 5.94. The van der Waals surface area contributed by atoms with E-state index >= 15 is 0 Å². The summed E-state index contributed by atoms with van der Waals surface area (Å²) < 4.78 is 1.53. The molecule has 7 heteroatoms. The Bertz CT molecular complexity index is 1310. The Morgan fingerprint density at radius 1 is 0.970 bits per heavy atom. The quantitative estimate of drug-likeness (QED) is 0.314. The third-order valence-corrected chi connectivity index (χ3v) is 5.70. The predicted octanol–water partition coefficient (Wildman–Crippen LogP) is 5.56. The Morgan fingerprint density at radius 2 is 1.67 bits per heavy atom. The lowest BCUT2D eigenvalue weighted by atomic mass is 10.0. The standard InChI is InChI=1S/C26H24N4O3/c1-17-9-10-21(15-18(17)2)24-16-25(26(31)27-19(3)20-7-5-4-6-8-20)29(28-24)22-11-13-23(14-12-22)30(32)33/h4-16,19H,1-3H3,(H,27,31). The van der Waals surface area contributed by atoms with Gasteiger partial charge in [0.1, 0.15) is 5.69 Å². The summed E-state index contributed by atoms with van der Waals surface area (Å²) in [5, 5.41) is 18.8. The van der Waals surface area contributed by atoms with Crippen LogP contribution < -0.4 is 5.32 Å². The Morgan fingerprint density at radius 3 is 2.30 bits per heavy atom. The van der Waals surface area contributed by atoms with E-state index in [1.807, 2.05) is 69.3 Å². The van der Waals surface area contributed by atoms with Crippen molar-refractivity contribution in [2.45, 2.75) is 26.8 Å². The monoisotopic (exact) mass is 440 g/mol. The fourth-order valence-corrected chi connectivity index (χ4v) is 3.59. The fraction of sp³-hybridized carbons (Fsp3) is 0.154. The van der Waals surface area contributed by atoms with E-state index in [9.17, 15) is 14.9 Å². The third-order valence-electron chi connectivity index (χ3n) is 5.70. The Hall–Kier alpha value is -4.26. The molecule has 0 spiro atoms. The number of carbonyl (C=O) groups excluding carboxylic acids is 1. The SMILES string of the molecule is Cc1ccc(-c2cc(C(=O)NC(C)c3ccccc3)n(-c3ccc([N+](=O)[O-])cc3)n2)cc1C. The lowest BCUT2D eigenvalue weighted by molar-refractivity contribution is -0.384. The second-order valence-electron chi connectivity index (χ2n) is 8.01. The van der Waals surface area contributed by atoms with Crippen LogP contribution in [0.25, 0.3) is 16.9 Å². The molecule has 4 rings (SSSR count). The lowest BCUT2D eigenvalue weighted by Crippen LogP contribution is -2.28. The van der Waals surface area contributed by atoms with Crippen LogP contribution in [-0.2, 0) is 0 Å². The van der Waals surface area contributed by atoms with E-state index in [4.69, 9.17) is 0 Å². The van der Waals surface area contributed by atoms with Crippen LogP contribution in [0.4, 0.5) is 5.69 Å². The van der Waals surface area contributed by atoms with E-state index in [0.29, 0.717) is 17.1 Å². The van der Waals surface area contributed by atoms with Gasteiger partial charge in [0.2, 0.25) is 0 Å². The number of nitro groups is 1. The van der Waals surface area contributed by atoms with Crippen molar-refractivity contribution >= 4 is 11.6 Å². The van der Waals surface area contributed by atoms with Crippen molar-refractivity contribution < 1.29 is 9.72 Å². The number of aromatic nitrogens is 2. The molecular weight excluding hydrogens is 416 g/mol. The number of nitro benzene ring substituents is 1. The van der Waals surface area contributed by atoms with Gasteiger partial charge in [0, 0.05) is 17.7 Å². The first-order chi connectivity index (χ1) is 15.8. The number of carbonyl (C=O) groups is 1. The average molecular weight is 441 g/mol. The minimum Gasteiger partial charge on any atom is -0.344 e. The fourth-order valence-electron chi connectivity index (χ4n) is 3.59. The molecule has 1 amide bonds. The van der Waals surface area contributed by atoms with Crippen LogP contribution in [0.1, 0.15) is 40.1 Å². The van der Waals surface area contributed by atoms with Gasteiger partial charge in [0.05, 0.1) is 22.3 Å². The van der Waals surface area contributed by atoms with Crippen LogP contribution in [0.5, 0.6) is 0 Å². The number of amides is 1. The molecule has 3 aromatic carbocycles. The highest BCUT2D eigenvalue weighted by atomic mass is 16.6. The summed E-state index contributed by atoms with van der Waals surface area (Å²) in [4.78, 5) is 23.9. The molecule has 1 unspecified atom stereocenters. The number of non-ortho nitro benzene ring substituents is 1. The molecule has 1 N–H and O–H groups in total. The second kappa shape index (κ2) is 9.08. The molecule has 0 saturated heterocycles. The van der Waals surface area contributed by atoms with Crippen molar-refractivity contribution in [3.05, 3.63) is 111 Å². The van der Waals surface area contributed by atoms with Gasteiger partial charge in [-0.3, -0.25) is 14.9 Å². The summed E-state index contributed by atoms with van der Waals surface area (Å²) in [5.74, 6) is -0.285. The summed E-state index contributed by atoms with van der Waals surface area (Å²) in [6.07, 6.45) is 0. The van der Waals surface area contributed by atoms with Crippen molar-refractivity contribution in [1.29, 1.82) is 0 Å². The first-order valence-electron chi connectivity index (χ1n) is 10.6.